The number of hydrogen-bond donors (Lipinski definition) is 4. The first-order valence-corrected chi connectivity index (χ1v) is 8.53. The SMILES string of the molecule is O=c1[nH]c(=O)n([C@H]2C[C@H](O)[C@@H](CO)O2)cc1CNCCCn1ccnc1. The van der Waals surface area contributed by atoms with Crippen LogP contribution in [0.2, 0.25) is 0 Å². The van der Waals surface area contributed by atoms with Crippen molar-refractivity contribution in [3.63, 3.8) is 0 Å². The molecule has 1 aliphatic rings. The molecule has 3 rings (SSSR count). The van der Waals surface area contributed by atoms with E-state index in [0.717, 1.165) is 13.0 Å². The molecule has 2 aromatic rings. The van der Waals surface area contributed by atoms with Crippen molar-refractivity contribution in [2.24, 2.45) is 0 Å². The lowest BCUT2D eigenvalue weighted by Crippen LogP contribution is -2.35. The van der Waals surface area contributed by atoms with Gasteiger partial charge in [0.2, 0.25) is 0 Å². The van der Waals surface area contributed by atoms with Crippen LogP contribution in [0.3, 0.4) is 0 Å². The lowest BCUT2D eigenvalue weighted by atomic mass is 10.2. The standard InChI is InChI=1S/C16H23N5O5/c22-9-13-12(23)6-14(26-13)21-8-11(15(24)19-16(21)25)7-17-2-1-4-20-5-3-18-10-20/h3,5,8,10,12-14,17,22-23H,1-2,4,6-7,9H2,(H,19,24,25)/t12-,13+,14+/m0/s1. The fraction of sp³-hybridized carbons (Fsp3) is 0.562. The average molecular weight is 365 g/mol. The predicted octanol–water partition coefficient (Wildman–Crippen LogP) is -1.45. The number of ether oxygens (including phenoxy) is 1. The molecule has 1 fully saturated rings. The maximum atomic E-state index is 12.0. The zero-order chi connectivity index (χ0) is 18.5. The van der Waals surface area contributed by atoms with Crippen molar-refractivity contribution in [1.29, 1.82) is 0 Å². The largest absolute Gasteiger partial charge is 0.394 e. The summed E-state index contributed by atoms with van der Waals surface area (Å²) < 4.78 is 8.70. The Bertz CT molecular complexity index is 815. The maximum absolute atomic E-state index is 12.0. The predicted molar refractivity (Wildman–Crippen MR) is 91.5 cm³/mol. The zero-order valence-electron chi connectivity index (χ0n) is 14.2. The summed E-state index contributed by atoms with van der Waals surface area (Å²) in [7, 11) is 0. The zero-order valence-corrected chi connectivity index (χ0v) is 14.2. The van der Waals surface area contributed by atoms with E-state index < -0.39 is 29.7 Å². The fourth-order valence-corrected chi connectivity index (χ4v) is 2.95. The van der Waals surface area contributed by atoms with E-state index in [1.54, 1.807) is 12.5 Å². The lowest BCUT2D eigenvalue weighted by Gasteiger charge is -2.15. The van der Waals surface area contributed by atoms with Crippen molar-refractivity contribution < 1.29 is 14.9 Å². The van der Waals surface area contributed by atoms with Gasteiger partial charge in [-0.25, -0.2) is 9.78 Å². The Hall–Kier alpha value is -2.27. The van der Waals surface area contributed by atoms with Crippen LogP contribution in [0.15, 0.2) is 34.5 Å². The van der Waals surface area contributed by atoms with Crippen LogP contribution in [0.5, 0.6) is 0 Å². The first kappa shape index (κ1) is 18.5. The van der Waals surface area contributed by atoms with Crippen molar-refractivity contribution in [1.82, 2.24) is 24.4 Å². The minimum atomic E-state index is -0.853. The van der Waals surface area contributed by atoms with Crippen LogP contribution in [-0.4, -0.2) is 54.7 Å². The van der Waals surface area contributed by atoms with Crippen LogP contribution < -0.4 is 16.6 Å². The first-order valence-electron chi connectivity index (χ1n) is 8.53. The van der Waals surface area contributed by atoms with Crippen molar-refractivity contribution >= 4 is 0 Å². The van der Waals surface area contributed by atoms with Crippen LogP contribution in [0.25, 0.3) is 0 Å². The molecule has 1 saturated heterocycles. The van der Waals surface area contributed by atoms with Gasteiger partial charge in [0.1, 0.15) is 12.3 Å². The van der Waals surface area contributed by atoms with Gasteiger partial charge in [-0.2, -0.15) is 0 Å². The molecule has 0 saturated carbocycles. The molecule has 0 spiro atoms. The van der Waals surface area contributed by atoms with Crippen LogP contribution in [0, 0.1) is 0 Å². The quantitative estimate of drug-likeness (QED) is 0.421. The summed E-state index contributed by atoms with van der Waals surface area (Å²) in [6.45, 7) is 1.49. The second-order valence-electron chi connectivity index (χ2n) is 6.27. The second kappa shape index (κ2) is 8.41. The third-order valence-electron chi connectivity index (χ3n) is 4.38. The van der Waals surface area contributed by atoms with Crippen molar-refractivity contribution in [2.45, 2.75) is 44.4 Å². The summed E-state index contributed by atoms with van der Waals surface area (Å²) in [6, 6.07) is 0. The van der Waals surface area contributed by atoms with E-state index in [9.17, 15) is 14.7 Å². The Morgan fingerprint density at radius 3 is 2.96 bits per heavy atom. The molecule has 1 aliphatic heterocycles. The van der Waals surface area contributed by atoms with E-state index in [-0.39, 0.29) is 13.0 Å². The Balaban J connectivity index is 1.59. The number of aliphatic hydroxyl groups excluding tert-OH is 2. The van der Waals surface area contributed by atoms with Crippen molar-refractivity contribution in [3.05, 3.63) is 51.3 Å². The highest BCUT2D eigenvalue weighted by Crippen LogP contribution is 2.27. The Morgan fingerprint density at radius 2 is 2.27 bits per heavy atom. The summed E-state index contributed by atoms with van der Waals surface area (Å²) in [6.07, 6.45) is 5.54. The number of rotatable bonds is 8. The fourth-order valence-electron chi connectivity index (χ4n) is 2.95. The highest BCUT2D eigenvalue weighted by atomic mass is 16.5. The number of aromatic amines is 1. The Labute approximate surface area is 149 Å². The molecule has 0 unspecified atom stereocenters. The third kappa shape index (κ3) is 4.28. The van der Waals surface area contributed by atoms with Gasteiger partial charge in [-0.1, -0.05) is 0 Å². The molecule has 142 valence electrons. The Kier molecular flexibility index (Phi) is 5.99. The highest BCUT2D eigenvalue weighted by molar-refractivity contribution is 5.05. The number of nitrogens with zero attached hydrogens (tertiary/aromatic N) is 3. The molecule has 0 bridgehead atoms. The van der Waals surface area contributed by atoms with Crippen LogP contribution in [0.4, 0.5) is 0 Å². The average Bonchev–Trinajstić information content (AvgIpc) is 3.25. The van der Waals surface area contributed by atoms with Gasteiger partial charge in [-0.15, -0.1) is 0 Å². The molecule has 10 nitrogen and oxygen atoms in total. The normalized spacial score (nSPS) is 22.8. The van der Waals surface area contributed by atoms with Gasteiger partial charge in [0.15, 0.2) is 0 Å². The molecule has 3 heterocycles. The molecule has 26 heavy (non-hydrogen) atoms. The summed E-state index contributed by atoms with van der Waals surface area (Å²) in [5.41, 5.74) is -0.655. The van der Waals surface area contributed by atoms with Gasteiger partial charge in [0.05, 0.1) is 19.0 Å². The molecular weight excluding hydrogens is 342 g/mol. The van der Waals surface area contributed by atoms with Gasteiger partial charge in [-0.3, -0.25) is 14.3 Å². The number of nitrogens with one attached hydrogen (secondary N) is 2. The number of hydrogen-bond acceptors (Lipinski definition) is 7. The number of imidazole rings is 1. The highest BCUT2D eigenvalue weighted by Gasteiger charge is 2.35. The molecular formula is C16H23N5O5. The summed E-state index contributed by atoms with van der Waals surface area (Å²) >= 11 is 0. The van der Waals surface area contributed by atoms with E-state index in [0.29, 0.717) is 18.7 Å². The molecule has 3 atom stereocenters. The lowest BCUT2D eigenvalue weighted by molar-refractivity contribution is -0.0460. The third-order valence-corrected chi connectivity index (χ3v) is 4.38. The van der Waals surface area contributed by atoms with E-state index in [1.807, 2.05) is 10.8 Å². The number of aryl methyl sites for hydroxylation is 1. The topological polar surface area (TPSA) is 134 Å². The second-order valence-corrected chi connectivity index (χ2v) is 6.27. The van der Waals surface area contributed by atoms with Gasteiger partial charge in [0.25, 0.3) is 5.56 Å². The molecule has 10 heteroatoms. The first-order chi connectivity index (χ1) is 12.6. The number of aromatic nitrogens is 4. The monoisotopic (exact) mass is 365 g/mol. The van der Waals surface area contributed by atoms with Crippen LogP contribution in [-0.2, 0) is 17.8 Å². The minimum Gasteiger partial charge on any atom is -0.394 e. The van der Waals surface area contributed by atoms with E-state index >= 15 is 0 Å². The molecule has 0 aliphatic carbocycles. The molecule has 2 aromatic heterocycles. The Morgan fingerprint density at radius 1 is 1.42 bits per heavy atom. The molecule has 0 radical (unpaired) electrons. The van der Waals surface area contributed by atoms with Crippen LogP contribution in [0.1, 0.15) is 24.6 Å². The van der Waals surface area contributed by atoms with Crippen molar-refractivity contribution in [2.75, 3.05) is 13.2 Å². The van der Waals surface area contributed by atoms with Crippen molar-refractivity contribution in [3.8, 4) is 0 Å². The number of H-pyrrole nitrogens is 1. The van der Waals surface area contributed by atoms with E-state index in [2.05, 4.69) is 15.3 Å². The summed E-state index contributed by atoms with van der Waals surface area (Å²) in [4.78, 5) is 30.3. The number of aliphatic hydroxyl groups is 2. The molecule has 0 aromatic carbocycles. The summed E-state index contributed by atoms with van der Waals surface area (Å²) in [5.74, 6) is 0. The van der Waals surface area contributed by atoms with Gasteiger partial charge in [-0.05, 0) is 13.0 Å². The van der Waals surface area contributed by atoms with Gasteiger partial charge >= 0.3 is 5.69 Å². The molecule has 0 amide bonds. The molecule has 4 N–H and O–H groups in total. The van der Waals surface area contributed by atoms with Gasteiger partial charge < -0.3 is 24.8 Å². The smallest absolute Gasteiger partial charge is 0.330 e. The van der Waals surface area contributed by atoms with E-state index in [1.165, 1.54) is 10.8 Å². The maximum Gasteiger partial charge on any atom is 0.330 e. The van der Waals surface area contributed by atoms with E-state index in [4.69, 9.17) is 9.84 Å². The summed E-state index contributed by atoms with van der Waals surface area (Å²) in [5, 5.41) is 22.2. The minimum absolute atomic E-state index is 0.176. The van der Waals surface area contributed by atoms with Crippen LogP contribution >= 0.6 is 0 Å². The van der Waals surface area contributed by atoms with Gasteiger partial charge in [0, 0.05) is 43.7 Å².